The normalized spacial score (nSPS) is 16.0. The molecule has 0 radical (unpaired) electrons. The van der Waals surface area contributed by atoms with Crippen molar-refractivity contribution in [2.24, 2.45) is 0 Å². The van der Waals surface area contributed by atoms with Crippen molar-refractivity contribution >= 4 is 75.7 Å². The van der Waals surface area contributed by atoms with Crippen LogP contribution in [-0.2, 0) is 85.1 Å². The van der Waals surface area contributed by atoms with Crippen LogP contribution in [0.1, 0.15) is 47.9 Å². The summed E-state index contributed by atoms with van der Waals surface area (Å²) in [6.45, 7) is 6.46. The Morgan fingerprint density at radius 3 is 1.68 bits per heavy atom. The van der Waals surface area contributed by atoms with E-state index in [0.29, 0.717) is 17.1 Å². The molecule has 8 aromatic rings. The second-order valence-corrected chi connectivity index (χ2v) is 21.3. The third-order valence-electron chi connectivity index (χ3n) is 12.1. The molecule has 4 aromatic carbocycles. The molecule has 2 unspecified atom stereocenters. The summed E-state index contributed by atoms with van der Waals surface area (Å²) in [6.07, 6.45) is 14.2. The van der Waals surface area contributed by atoms with E-state index in [-0.39, 0.29) is 4.90 Å². The predicted octanol–water partition coefficient (Wildman–Crippen LogP) is 12.6. The molecular weight excluding hydrogens is 1120 g/mol. The van der Waals surface area contributed by atoms with Gasteiger partial charge in [0.25, 0.3) is 9.05 Å². The smallest absolute Gasteiger partial charge is 0.139 e. The zero-order chi connectivity index (χ0) is 51.7. The van der Waals surface area contributed by atoms with E-state index in [0.717, 1.165) is 48.9 Å². The summed E-state index contributed by atoms with van der Waals surface area (Å²) in [5.74, 6) is 0. The van der Waals surface area contributed by atoms with Crippen molar-refractivity contribution in [3.63, 3.8) is 0 Å². The van der Waals surface area contributed by atoms with Crippen LogP contribution in [0.2, 0.25) is 10.0 Å². The summed E-state index contributed by atoms with van der Waals surface area (Å²) in [5.41, 5.74) is 2.45. The molecule has 2 aliphatic rings. The van der Waals surface area contributed by atoms with Gasteiger partial charge in [-0.05, 0) is 128 Å². The van der Waals surface area contributed by atoms with Crippen LogP contribution in [-0.4, -0.2) is 68.0 Å². The molecule has 6 heterocycles. The number of benzene rings is 4. The van der Waals surface area contributed by atoms with Gasteiger partial charge in [0.15, 0.2) is 0 Å². The van der Waals surface area contributed by atoms with E-state index in [2.05, 4.69) is 127 Å². The summed E-state index contributed by atoms with van der Waals surface area (Å²) in [4.78, 5) is 14.5. The first kappa shape index (κ1) is 56.6. The first-order valence-corrected chi connectivity index (χ1v) is 27.5. The van der Waals surface area contributed by atoms with Gasteiger partial charge in [0.2, 0.25) is 0 Å². The summed E-state index contributed by atoms with van der Waals surface area (Å²) in [7, 11) is -2.53. The van der Waals surface area contributed by atoms with E-state index in [1.165, 1.54) is 90.0 Å². The average Bonchev–Trinajstić information content (AvgIpc) is 4.18. The average molecular weight is 1180 g/mol. The first-order chi connectivity index (χ1) is 34.6. The molecule has 2 saturated heterocycles. The standard InChI is InChI=1S/C26H26ClN3.C19H21N3.C6H4Cl2O2S.CF3O2S.Ag.O/c27-23-10-4-9-21(16-23)15-22-18-30(26-25(22)12-5-13-28-26)19-24-11-6-14-29(24)17-20-7-2-1-3-8-20;1-2-6-16(7-3-1)14-21-12-5-9-18(21)15-22-13-10-17-8-4-11-20-19(17)22;7-5-2-1-3-6(4-5)11(8,9)10;2-1(3,4)7(5)6;;/h1-5,7-10,12-13,16,18,24H,6,11,14-15,17,19H2;1-4,6-8,10-11,13,18H,5,9,12,14-15H2;1-4H;;;/q;;;-1;;. The van der Waals surface area contributed by atoms with Crippen LogP contribution in [0.15, 0.2) is 169 Å². The number of rotatable bonds is 11. The summed E-state index contributed by atoms with van der Waals surface area (Å²) in [5, 5.41) is 3.61. The summed E-state index contributed by atoms with van der Waals surface area (Å²) >= 11 is 13.4. The van der Waals surface area contributed by atoms with Gasteiger partial charge in [0.05, 0.1) is 4.90 Å². The van der Waals surface area contributed by atoms with Gasteiger partial charge in [-0.15, -0.1) is 0 Å². The first-order valence-electron chi connectivity index (χ1n) is 22.7. The fourth-order valence-electron chi connectivity index (χ4n) is 8.84. The van der Waals surface area contributed by atoms with Crippen molar-refractivity contribution in [2.75, 3.05) is 13.1 Å². The largest absolute Gasteiger partial charge is 0.331 e. The second kappa shape index (κ2) is 27.5. The molecule has 20 heteroatoms. The van der Waals surface area contributed by atoms with E-state index in [4.69, 9.17) is 50.5 Å². The van der Waals surface area contributed by atoms with Gasteiger partial charge in [-0.1, -0.05) is 102 Å². The van der Waals surface area contributed by atoms with Gasteiger partial charge in [0, 0.05) is 105 Å². The molecule has 0 saturated carbocycles. The van der Waals surface area contributed by atoms with E-state index in [1.807, 2.05) is 36.7 Å². The van der Waals surface area contributed by atoms with E-state index in [9.17, 15) is 21.6 Å². The summed E-state index contributed by atoms with van der Waals surface area (Å²) in [6, 6.07) is 47.2. The van der Waals surface area contributed by atoms with Crippen molar-refractivity contribution in [3.8, 4) is 0 Å². The molecule has 0 spiro atoms. The second-order valence-electron chi connectivity index (χ2n) is 17.0. The van der Waals surface area contributed by atoms with E-state index in [1.54, 1.807) is 27.1 Å². The topological polar surface area (TPSA) is 127 Å². The minimum Gasteiger partial charge on any atom is -0.331 e. The quantitative estimate of drug-likeness (QED) is 0.0706. The number of hydrogen-bond acceptors (Lipinski definition) is 10. The molecule has 2 aliphatic heterocycles. The SMILES string of the molecule is Clc1cccc(Cc2cn(CC3CCCN3Cc3ccccc3)c3ncccc23)c1.O=S(=O)(Cl)c1cccc(Cl)c1.O=[S-](=O)C(F)(F)F.[O]=[Ag].c1ccc(CN2CCCC2Cn2ccc3cccnc32)cc1. The fraction of sp³-hybridized carbons (Fsp3) is 0.269. The van der Waals surface area contributed by atoms with Crippen molar-refractivity contribution in [3.05, 3.63) is 197 Å². The Morgan fingerprint density at radius 2 is 1.15 bits per heavy atom. The molecule has 385 valence electrons. The molecule has 2 atom stereocenters. The number of nitrogens with zero attached hydrogens (tertiary/aromatic N) is 6. The third-order valence-corrected chi connectivity index (χ3v) is 14.3. The Morgan fingerprint density at radius 1 is 0.639 bits per heavy atom. The molecule has 0 aliphatic carbocycles. The van der Waals surface area contributed by atoms with Crippen LogP contribution in [0.25, 0.3) is 22.1 Å². The van der Waals surface area contributed by atoms with Gasteiger partial charge in [0.1, 0.15) is 11.3 Å². The van der Waals surface area contributed by atoms with Crippen molar-refractivity contribution in [1.29, 1.82) is 0 Å². The van der Waals surface area contributed by atoms with Gasteiger partial charge in [-0.3, -0.25) is 9.80 Å². The van der Waals surface area contributed by atoms with Crippen LogP contribution in [0, 0.1) is 0 Å². The predicted molar refractivity (Wildman–Crippen MR) is 273 cm³/mol. The van der Waals surface area contributed by atoms with Crippen LogP contribution in [0.4, 0.5) is 13.2 Å². The maximum atomic E-state index is 10.7. The Hall–Kier alpha value is -4.72. The van der Waals surface area contributed by atoms with Crippen LogP contribution >= 0.6 is 33.9 Å². The molecule has 72 heavy (non-hydrogen) atoms. The Bertz CT molecular complexity index is 3160. The molecule has 11 nitrogen and oxygen atoms in total. The fourth-order valence-corrected chi connectivity index (χ4v) is 10.1. The van der Waals surface area contributed by atoms with Crippen molar-refractivity contribution in [1.82, 2.24) is 28.9 Å². The number of hydrogen-bond donors (Lipinski definition) is 0. The molecule has 0 bridgehead atoms. The van der Waals surface area contributed by atoms with E-state index >= 15 is 0 Å². The number of aromatic nitrogens is 4. The molecule has 10 rings (SSSR count). The van der Waals surface area contributed by atoms with Gasteiger partial charge >= 0.3 is 29.8 Å². The maximum absolute atomic E-state index is 10.7. The minimum absolute atomic E-state index is 0.0201. The number of halogens is 6. The minimum atomic E-state index is -5.08. The van der Waals surface area contributed by atoms with E-state index < -0.39 is 25.3 Å². The Kier molecular flexibility index (Phi) is 21.6. The maximum Gasteiger partial charge on any atom is 0.139 e. The molecule has 0 N–H and O–H groups in total. The molecule has 4 aromatic heterocycles. The van der Waals surface area contributed by atoms with Crippen molar-refractivity contribution < 1.29 is 54.3 Å². The van der Waals surface area contributed by atoms with Crippen molar-refractivity contribution in [2.45, 2.75) is 80.8 Å². The Balaban J connectivity index is 0.000000176. The number of pyridine rings is 2. The summed E-state index contributed by atoms with van der Waals surface area (Å²) < 4.78 is 83.6. The zero-order valence-corrected chi connectivity index (χ0v) is 44.0. The number of alkyl halides is 3. The van der Waals surface area contributed by atoms with Crippen LogP contribution < -0.4 is 0 Å². The molecule has 2 fully saturated rings. The number of fused-ring (bicyclic) bond motifs is 2. The van der Waals surface area contributed by atoms with Gasteiger partial charge < -0.3 is 17.6 Å². The molecule has 0 amide bonds. The Labute approximate surface area is 446 Å². The van der Waals surface area contributed by atoms with Gasteiger partial charge in [-0.2, -0.15) is 13.2 Å². The van der Waals surface area contributed by atoms with Gasteiger partial charge in [-0.25, -0.2) is 18.4 Å². The monoisotopic (exact) mass is 1170 g/mol. The zero-order valence-electron chi connectivity index (χ0n) is 38.6. The number of likely N-dealkylation sites (tertiary alicyclic amines) is 2. The van der Waals surface area contributed by atoms with Crippen LogP contribution in [0.5, 0.6) is 0 Å². The third kappa shape index (κ3) is 16.9. The molecular formula is C52H51AgCl3F3N6O5S2-. The van der Waals surface area contributed by atoms with Crippen LogP contribution in [0.3, 0.4) is 0 Å².